The zero-order valence-corrected chi connectivity index (χ0v) is 36.2. The molecule has 4 heterocycles. The van der Waals surface area contributed by atoms with Gasteiger partial charge < -0.3 is 28.6 Å². The molecule has 1 atom stereocenters. The Morgan fingerprint density at radius 2 is 1.74 bits per heavy atom. The van der Waals surface area contributed by atoms with E-state index in [9.17, 15) is 18.0 Å². The van der Waals surface area contributed by atoms with Crippen LogP contribution < -0.4 is 14.5 Å². The Morgan fingerprint density at radius 3 is 2.43 bits per heavy atom. The van der Waals surface area contributed by atoms with Crippen molar-refractivity contribution in [2.75, 3.05) is 62.8 Å². The average Bonchev–Trinajstić information content (AvgIpc) is 3.46. The number of methoxy groups -OCH3 is 1. The molecule has 1 unspecified atom stereocenters. The first kappa shape index (κ1) is 42.1. The maximum absolute atomic E-state index is 14.4. The van der Waals surface area contributed by atoms with Crippen molar-refractivity contribution in [3.8, 4) is 5.88 Å². The predicted molar refractivity (Wildman–Crippen MR) is 228 cm³/mol. The summed E-state index contributed by atoms with van der Waals surface area (Å²) in [4.78, 5) is 24.5. The lowest BCUT2D eigenvalue weighted by Crippen LogP contribution is -2.47. The van der Waals surface area contributed by atoms with Crippen LogP contribution in [-0.4, -0.2) is 93.8 Å². The minimum Gasteiger partial charge on any atom is -0.465 e. The summed E-state index contributed by atoms with van der Waals surface area (Å²) in [5.41, 5.74) is 6.74. The molecule has 2 aliphatic heterocycles. The van der Waals surface area contributed by atoms with Crippen molar-refractivity contribution in [2.24, 2.45) is 5.41 Å². The van der Waals surface area contributed by atoms with Crippen molar-refractivity contribution in [3.63, 3.8) is 0 Å². The Hall–Kier alpha value is -4.04. The molecular weight excluding hydrogens is 783 g/mol. The standard InChI is InChI=1S/C44H55ClF3N5O4Si/c1-43(2)16-13-32(36(27-43)30-7-9-33(45)10-8-30)28-50-19-21-51(22-20-50)34-11-12-35(42(54)55-3)37(26-34)53-18-15-39(44(46,47)48)57-41-38(53)25-31-14-17-52(40(31)49-41)29-56-23-24-58(4,5)6/h7-12,14,17,25-26,39H,13,15-16,18-24,27-29H2,1-6H3. The molecular formula is C44H55ClF3N5O4Si. The normalized spacial score (nSPS) is 19.2. The quantitative estimate of drug-likeness (QED) is 0.0840. The SMILES string of the molecule is COC(=O)c1ccc(N2CCN(CC3=C(c4ccc(Cl)cc4)CC(C)(C)CC3)CC2)cc1N1CCC(C(F)(F)F)Oc2nc3c(ccn3COCC[Si](C)(C)C)cc21. The van der Waals surface area contributed by atoms with Gasteiger partial charge in [0, 0.05) is 82.7 Å². The highest BCUT2D eigenvalue weighted by molar-refractivity contribution is 6.76. The number of nitrogens with zero attached hydrogens (tertiary/aromatic N) is 5. The predicted octanol–water partition coefficient (Wildman–Crippen LogP) is 10.4. The van der Waals surface area contributed by atoms with Crippen molar-refractivity contribution in [2.45, 2.75) is 84.2 Å². The molecule has 58 heavy (non-hydrogen) atoms. The molecule has 0 N–H and O–H groups in total. The third-order valence-corrected chi connectivity index (χ3v) is 13.6. The van der Waals surface area contributed by atoms with Gasteiger partial charge in [-0.25, -0.2) is 4.79 Å². The van der Waals surface area contributed by atoms with Crippen LogP contribution in [0.3, 0.4) is 0 Å². The van der Waals surface area contributed by atoms with Crippen LogP contribution in [-0.2, 0) is 16.2 Å². The first-order valence-electron chi connectivity index (χ1n) is 20.2. The zero-order valence-electron chi connectivity index (χ0n) is 34.4. The van der Waals surface area contributed by atoms with Crippen LogP contribution >= 0.6 is 11.6 Å². The van der Waals surface area contributed by atoms with Gasteiger partial charge in [0.2, 0.25) is 5.88 Å². The number of ether oxygens (including phenoxy) is 3. The number of benzene rings is 2. The number of carbonyl (C=O) groups is 1. The smallest absolute Gasteiger partial charge is 0.425 e. The van der Waals surface area contributed by atoms with Crippen LogP contribution in [0, 0.1) is 5.41 Å². The van der Waals surface area contributed by atoms with Gasteiger partial charge in [-0.15, -0.1) is 0 Å². The molecule has 312 valence electrons. The molecule has 3 aliphatic rings. The van der Waals surface area contributed by atoms with E-state index >= 15 is 0 Å². The third-order valence-electron chi connectivity index (χ3n) is 11.6. The number of fused-ring (bicyclic) bond motifs is 2. The molecule has 4 aromatic rings. The van der Waals surface area contributed by atoms with Crippen molar-refractivity contribution >= 4 is 59.3 Å². The van der Waals surface area contributed by atoms with Gasteiger partial charge in [-0.1, -0.05) is 62.8 Å². The number of pyridine rings is 1. The lowest BCUT2D eigenvalue weighted by Gasteiger charge is -2.39. The molecule has 2 aromatic heterocycles. The summed E-state index contributed by atoms with van der Waals surface area (Å²) in [6.45, 7) is 16.3. The van der Waals surface area contributed by atoms with Gasteiger partial charge in [0.05, 0.1) is 18.4 Å². The summed E-state index contributed by atoms with van der Waals surface area (Å²) in [6.07, 6.45) is -2.03. The molecule has 0 radical (unpaired) electrons. The number of anilines is 3. The number of aromatic nitrogens is 2. The first-order valence-corrected chi connectivity index (χ1v) is 24.3. The van der Waals surface area contributed by atoms with E-state index in [2.05, 4.69) is 60.4 Å². The number of hydrogen-bond acceptors (Lipinski definition) is 8. The fraction of sp³-hybridized carbons (Fsp3) is 0.500. The summed E-state index contributed by atoms with van der Waals surface area (Å²) < 4.78 is 61.8. The number of carbonyl (C=O) groups excluding carboxylic acids is 1. The highest BCUT2D eigenvalue weighted by atomic mass is 35.5. The van der Waals surface area contributed by atoms with Crippen LogP contribution in [0.15, 0.2) is 66.4 Å². The van der Waals surface area contributed by atoms with Gasteiger partial charge >= 0.3 is 12.1 Å². The Labute approximate surface area is 345 Å². The maximum atomic E-state index is 14.4. The van der Waals surface area contributed by atoms with E-state index in [4.69, 9.17) is 25.8 Å². The summed E-state index contributed by atoms with van der Waals surface area (Å²) in [7, 11) is -0.00521. The third kappa shape index (κ3) is 9.70. The number of halogens is 4. The molecule has 0 saturated carbocycles. The molecule has 1 fully saturated rings. The second-order valence-electron chi connectivity index (χ2n) is 17.8. The fourth-order valence-corrected chi connectivity index (χ4v) is 9.06. The number of rotatable bonds is 11. The molecule has 9 nitrogen and oxygen atoms in total. The molecule has 0 spiro atoms. The topological polar surface area (TPSA) is 72.3 Å². The first-order chi connectivity index (χ1) is 27.5. The summed E-state index contributed by atoms with van der Waals surface area (Å²) in [5.74, 6) is -0.732. The van der Waals surface area contributed by atoms with E-state index in [0.29, 0.717) is 23.6 Å². The Kier molecular flexibility index (Phi) is 12.3. The van der Waals surface area contributed by atoms with Gasteiger partial charge in [-0.05, 0) is 84.3 Å². The largest absolute Gasteiger partial charge is 0.465 e. The molecule has 14 heteroatoms. The van der Waals surface area contributed by atoms with Crippen LogP contribution in [0.25, 0.3) is 16.6 Å². The van der Waals surface area contributed by atoms with E-state index in [1.54, 1.807) is 21.6 Å². The minimum atomic E-state index is -4.63. The van der Waals surface area contributed by atoms with Crippen LogP contribution in [0.5, 0.6) is 5.88 Å². The molecule has 2 aromatic carbocycles. The molecule has 1 aliphatic carbocycles. The minimum absolute atomic E-state index is 0.0615. The monoisotopic (exact) mass is 837 g/mol. The Bertz CT molecular complexity index is 2140. The molecule has 1 saturated heterocycles. The van der Waals surface area contributed by atoms with Crippen molar-refractivity contribution in [1.82, 2.24) is 14.5 Å². The number of alkyl halides is 3. The maximum Gasteiger partial charge on any atom is 0.425 e. The highest BCUT2D eigenvalue weighted by Gasteiger charge is 2.44. The average molecular weight is 838 g/mol. The van der Waals surface area contributed by atoms with Gasteiger partial charge in [-0.2, -0.15) is 18.2 Å². The van der Waals surface area contributed by atoms with E-state index < -0.39 is 26.3 Å². The Morgan fingerprint density at radius 1 is 1.00 bits per heavy atom. The van der Waals surface area contributed by atoms with Crippen LogP contribution in [0.2, 0.25) is 30.7 Å². The second-order valence-corrected chi connectivity index (χ2v) is 23.9. The van der Waals surface area contributed by atoms with Gasteiger partial charge in [-0.3, -0.25) is 4.90 Å². The number of hydrogen-bond donors (Lipinski definition) is 0. The van der Waals surface area contributed by atoms with Crippen molar-refractivity contribution in [1.29, 1.82) is 0 Å². The van der Waals surface area contributed by atoms with Gasteiger partial charge in [0.15, 0.2) is 6.10 Å². The summed E-state index contributed by atoms with van der Waals surface area (Å²) >= 11 is 6.24. The lowest BCUT2D eigenvalue weighted by atomic mass is 9.72. The van der Waals surface area contributed by atoms with Crippen molar-refractivity contribution < 1.29 is 32.2 Å². The zero-order chi connectivity index (χ0) is 41.4. The molecule has 0 amide bonds. The second kappa shape index (κ2) is 16.9. The van der Waals surface area contributed by atoms with Crippen molar-refractivity contribution in [3.05, 3.63) is 82.5 Å². The van der Waals surface area contributed by atoms with E-state index in [-0.39, 0.29) is 36.6 Å². The summed E-state index contributed by atoms with van der Waals surface area (Å²) in [5, 5.41) is 1.45. The van der Waals surface area contributed by atoms with Gasteiger partial charge in [0.25, 0.3) is 0 Å². The van der Waals surface area contributed by atoms with E-state index in [1.807, 2.05) is 36.5 Å². The lowest BCUT2D eigenvalue weighted by molar-refractivity contribution is -0.195. The van der Waals surface area contributed by atoms with Crippen LogP contribution in [0.4, 0.5) is 30.2 Å². The number of allylic oxidation sites excluding steroid dienone is 1. The van der Waals surface area contributed by atoms with E-state index in [0.717, 1.165) is 74.1 Å². The molecule has 0 bridgehead atoms. The number of esters is 1. The van der Waals surface area contributed by atoms with Crippen LogP contribution in [0.1, 0.15) is 55.5 Å². The fourth-order valence-electron chi connectivity index (χ4n) is 8.17. The van der Waals surface area contributed by atoms with Gasteiger partial charge in [0.1, 0.15) is 18.1 Å². The summed E-state index contributed by atoms with van der Waals surface area (Å²) in [6, 6.07) is 18.3. The number of piperazine rings is 1. The van der Waals surface area contributed by atoms with E-state index in [1.165, 1.54) is 23.8 Å². The molecule has 7 rings (SSSR count). The highest BCUT2D eigenvalue weighted by Crippen LogP contribution is 2.45. The Balaban J connectivity index is 1.16.